The first-order chi connectivity index (χ1) is 9.59. The second-order valence-electron chi connectivity index (χ2n) is 4.59. The van der Waals surface area contributed by atoms with Gasteiger partial charge < -0.3 is 10.2 Å². The molecule has 0 unspecified atom stereocenters. The third kappa shape index (κ3) is 3.47. The number of nitrogens with one attached hydrogen (secondary N) is 1. The van der Waals surface area contributed by atoms with Gasteiger partial charge in [0.15, 0.2) is 0 Å². The second kappa shape index (κ2) is 6.69. The zero-order valence-corrected chi connectivity index (χ0v) is 12.4. The SMILES string of the molecule is C[C@@H]1C(=O)NCCCN1C(=O)CCSc1nnnn1C. The minimum absolute atomic E-state index is 0.00261. The Morgan fingerprint density at radius 2 is 2.35 bits per heavy atom. The third-order valence-corrected chi connectivity index (χ3v) is 4.18. The van der Waals surface area contributed by atoms with Crippen LogP contribution in [0.5, 0.6) is 0 Å². The van der Waals surface area contributed by atoms with Crippen LogP contribution >= 0.6 is 11.8 Å². The highest BCUT2D eigenvalue weighted by Crippen LogP contribution is 2.15. The van der Waals surface area contributed by atoms with E-state index in [-0.39, 0.29) is 11.8 Å². The van der Waals surface area contributed by atoms with Crippen LogP contribution < -0.4 is 5.32 Å². The number of carbonyl (C=O) groups is 2. The summed E-state index contributed by atoms with van der Waals surface area (Å²) in [7, 11) is 1.76. The van der Waals surface area contributed by atoms with Gasteiger partial charge in [0.25, 0.3) is 0 Å². The molecule has 0 aliphatic carbocycles. The quantitative estimate of drug-likeness (QED) is 0.748. The normalized spacial score (nSPS) is 19.6. The first-order valence-electron chi connectivity index (χ1n) is 6.52. The maximum atomic E-state index is 12.2. The Bertz CT molecular complexity index is 491. The van der Waals surface area contributed by atoms with Crippen molar-refractivity contribution in [2.75, 3.05) is 18.8 Å². The number of amides is 2. The Hall–Kier alpha value is -1.64. The van der Waals surface area contributed by atoms with E-state index in [9.17, 15) is 9.59 Å². The predicted octanol–water partition coefficient (Wildman–Crippen LogP) is -0.571. The molecule has 0 spiro atoms. The van der Waals surface area contributed by atoms with Crippen molar-refractivity contribution in [2.45, 2.75) is 31.0 Å². The van der Waals surface area contributed by atoms with E-state index in [0.717, 1.165) is 6.42 Å². The van der Waals surface area contributed by atoms with Gasteiger partial charge in [-0.05, 0) is 23.8 Å². The van der Waals surface area contributed by atoms with E-state index in [2.05, 4.69) is 20.8 Å². The Morgan fingerprint density at radius 1 is 1.55 bits per heavy atom. The minimum atomic E-state index is -0.397. The van der Waals surface area contributed by atoms with Gasteiger partial charge in [-0.15, -0.1) is 5.10 Å². The zero-order valence-electron chi connectivity index (χ0n) is 11.6. The van der Waals surface area contributed by atoms with E-state index in [1.54, 1.807) is 23.6 Å². The van der Waals surface area contributed by atoms with E-state index in [1.165, 1.54) is 11.8 Å². The summed E-state index contributed by atoms with van der Waals surface area (Å²) in [4.78, 5) is 25.5. The fourth-order valence-corrected chi connectivity index (χ4v) is 2.78. The van der Waals surface area contributed by atoms with Crippen LogP contribution in [-0.2, 0) is 16.6 Å². The average Bonchev–Trinajstić information content (AvgIpc) is 2.75. The topological polar surface area (TPSA) is 93.0 Å². The molecule has 110 valence electrons. The molecule has 1 N–H and O–H groups in total. The predicted molar refractivity (Wildman–Crippen MR) is 72.9 cm³/mol. The number of hydrogen-bond acceptors (Lipinski definition) is 6. The number of rotatable bonds is 4. The van der Waals surface area contributed by atoms with Crippen LogP contribution in [0.15, 0.2) is 5.16 Å². The smallest absolute Gasteiger partial charge is 0.242 e. The van der Waals surface area contributed by atoms with Gasteiger partial charge in [0.1, 0.15) is 6.04 Å². The number of tetrazole rings is 1. The fraction of sp³-hybridized carbons (Fsp3) is 0.727. The van der Waals surface area contributed by atoms with Crippen LogP contribution in [0, 0.1) is 0 Å². The molecule has 20 heavy (non-hydrogen) atoms. The highest BCUT2D eigenvalue weighted by Gasteiger charge is 2.27. The molecular weight excluding hydrogens is 280 g/mol. The Kier molecular flexibility index (Phi) is 4.94. The lowest BCUT2D eigenvalue weighted by Crippen LogP contribution is -2.45. The van der Waals surface area contributed by atoms with Crippen molar-refractivity contribution in [3.05, 3.63) is 0 Å². The lowest BCUT2D eigenvalue weighted by Gasteiger charge is -2.25. The van der Waals surface area contributed by atoms with E-state index < -0.39 is 6.04 Å². The molecule has 1 fully saturated rings. The van der Waals surface area contributed by atoms with Crippen molar-refractivity contribution in [3.8, 4) is 0 Å². The van der Waals surface area contributed by atoms with E-state index in [4.69, 9.17) is 0 Å². The van der Waals surface area contributed by atoms with Crippen LogP contribution in [0.25, 0.3) is 0 Å². The van der Waals surface area contributed by atoms with Crippen LogP contribution in [0.3, 0.4) is 0 Å². The van der Waals surface area contributed by atoms with Gasteiger partial charge in [-0.25, -0.2) is 4.68 Å². The third-order valence-electron chi connectivity index (χ3n) is 3.17. The van der Waals surface area contributed by atoms with Gasteiger partial charge in [0.05, 0.1) is 0 Å². The number of aryl methyl sites for hydroxylation is 1. The first-order valence-corrected chi connectivity index (χ1v) is 7.50. The van der Waals surface area contributed by atoms with Crippen LogP contribution in [0.2, 0.25) is 0 Å². The molecule has 0 saturated carbocycles. The molecular formula is C11H18N6O2S. The Balaban J connectivity index is 1.84. The van der Waals surface area contributed by atoms with E-state index in [0.29, 0.717) is 30.4 Å². The maximum Gasteiger partial charge on any atom is 0.242 e. The van der Waals surface area contributed by atoms with Crippen molar-refractivity contribution >= 4 is 23.6 Å². The summed E-state index contributed by atoms with van der Waals surface area (Å²) in [5, 5.41) is 14.6. The van der Waals surface area contributed by atoms with Gasteiger partial charge in [-0.2, -0.15) is 0 Å². The molecule has 2 heterocycles. The van der Waals surface area contributed by atoms with Gasteiger partial charge in [0, 0.05) is 32.3 Å². The summed E-state index contributed by atoms with van der Waals surface area (Å²) in [6.07, 6.45) is 1.16. The van der Waals surface area contributed by atoms with Crippen LogP contribution in [0.4, 0.5) is 0 Å². The molecule has 0 aromatic carbocycles. The largest absolute Gasteiger partial charge is 0.354 e. The van der Waals surface area contributed by atoms with Crippen molar-refractivity contribution in [3.63, 3.8) is 0 Å². The number of aromatic nitrogens is 4. The van der Waals surface area contributed by atoms with Gasteiger partial charge in [0.2, 0.25) is 17.0 Å². The van der Waals surface area contributed by atoms with Gasteiger partial charge >= 0.3 is 0 Å². The second-order valence-corrected chi connectivity index (χ2v) is 5.65. The molecule has 0 bridgehead atoms. The number of nitrogens with zero attached hydrogens (tertiary/aromatic N) is 5. The van der Waals surface area contributed by atoms with Crippen molar-refractivity contribution in [1.82, 2.24) is 30.4 Å². The number of thioether (sulfide) groups is 1. The maximum absolute atomic E-state index is 12.2. The average molecular weight is 298 g/mol. The number of carbonyl (C=O) groups excluding carboxylic acids is 2. The van der Waals surface area contributed by atoms with Crippen LogP contribution in [-0.4, -0.2) is 61.8 Å². The molecule has 2 amide bonds. The standard InChI is InChI=1S/C11H18N6O2S/c1-8-10(19)12-5-3-6-17(8)9(18)4-7-20-11-13-14-15-16(11)2/h8H,3-7H2,1-2H3,(H,12,19)/t8-/m1/s1. The lowest BCUT2D eigenvalue weighted by molar-refractivity contribution is -0.138. The van der Waals surface area contributed by atoms with E-state index in [1.807, 2.05) is 0 Å². The first kappa shape index (κ1) is 14.8. The molecule has 1 saturated heterocycles. The van der Waals surface area contributed by atoms with Crippen molar-refractivity contribution < 1.29 is 9.59 Å². The molecule has 1 aliphatic rings. The Labute approximate surface area is 121 Å². The summed E-state index contributed by atoms with van der Waals surface area (Å²) in [5.41, 5.74) is 0. The molecule has 2 rings (SSSR count). The van der Waals surface area contributed by atoms with Crippen LogP contribution in [0.1, 0.15) is 19.8 Å². The van der Waals surface area contributed by atoms with E-state index >= 15 is 0 Å². The highest BCUT2D eigenvalue weighted by molar-refractivity contribution is 7.99. The Morgan fingerprint density at radius 3 is 3.05 bits per heavy atom. The molecule has 1 atom stereocenters. The van der Waals surface area contributed by atoms with Gasteiger partial charge in [-0.1, -0.05) is 11.8 Å². The summed E-state index contributed by atoms with van der Waals surface area (Å²) in [6, 6.07) is -0.397. The van der Waals surface area contributed by atoms with Crippen molar-refractivity contribution in [1.29, 1.82) is 0 Å². The molecule has 9 heteroatoms. The molecule has 1 aromatic heterocycles. The molecule has 8 nitrogen and oxygen atoms in total. The lowest BCUT2D eigenvalue weighted by atomic mass is 10.2. The minimum Gasteiger partial charge on any atom is -0.354 e. The summed E-state index contributed by atoms with van der Waals surface area (Å²) in [6.45, 7) is 3.01. The summed E-state index contributed by atoms with van der Waals surface area (Å²) >= 11 is 1.43. The molecule has 1 aliphatic heterocycles. The molecule has 1 aromatic rings. The van der Waals surface area contributed by atoms with Crippen molar-refractivity contribution in [2.24, 2.45) is 7.05 Å². The highest BCUT2D eigenvalue weighted by atomic mass is 32.2. The summed E-state index contributed by atoms with van der Waals surface area (Å²) < 4.78 is 1.57. The number of hydrogen-bond donors (Lipinski definition) is 1. The monoisotopic (exact) mass is 298 g/mol. The fourth-order valence-electron chi connectivity index (χ4n) is 2.00. The van der Waals surface area contributed by atoms with Gasteiger partial charge in [-0.3, -0.25) is 9.59 Å². The molecule has 0 radical (unpaired) electrons. The zero-order chi connectivity index (χ0) is 14.5. The summed E-state index contributed by atoms with van der Waals surface area (Å²) in [5.74, 6) is 0.510.